The van der Waals surface area contributed by atoms with Gasteiger partial charge in [0, 0.05) is 26.2 Å². The highest BCUT2D eigenvalue weighted by molar-refractivity contribution is 6.58. The summed E-state index contributed by atoms with van der Waals surface area (Å²) in [7, 11) is 0.644. The van der Waals surface area contributed by atoms with Crippen molar-refractivity contribution in [2.45, 2.75) is 0 Å². The highest BCUT2D eigenvalue weighted by Gasteiger charge is 2.18. The summed E-state index contributed by atoms with van der Waals surface area (Å²) in [5.74, 6) is 0. The maximum Gasteiger partial charge on any atom is 0.488 e. The SMILES string of the molecule is CN1CCN(c2ccc(B(O)O)cc2N)CC1. The van der Waals surface area contributed by atoms with E-state index in [1.54, 1.807) is 12.1 Å². The Morgan fingerprint density at radius 3 is 2.35 bits per heavy atom. The summed E-state index contributed by atoms with van der Waals surface area (Å²) in [6, 6.07) is 5.18. The van der Waals surface area contributed by atoms with E-state index in [4.69, 9.17) is 15.8 Å². The number of hydrogen-bond donors (Lipinski definition) is 3. The van der Waals surface area contributed by atoms with Gasteiger partial charge in [-0.25, -0.2) is 0 Å². The Kier molecular flexibility index (Phi) is 3.56. The van der Waals surface area contributed by atoms with E-state index in [1.807, 2.05) is 6.07 Å². The first-order chi connectivity index (χ1) is 8.08. The van der Waals surface area contributed by atoms with Crippen LogP contribution in [0.3, 0.4) is 0 Å². The third kappa shape index (κ3) is 2.72. The molecule has 0 amide bonds. The molecule has 4 N–H and O–H groups in total. The second kappa shape index (κ2) is 4.95. The average molecular weight is 235 g/mol. The summed E-state index contributed by atoms with van der Waals surface area (Å²) in [5.41, 5.74) is 7.95. The van der Waals surface area contributed by atoms with E-state index in [0.29, 0.717) is 11.2 Å². The van der Waals surface area contributed by atoms with E-state index in [2.05, 4.69) is 16.8 Å². The van der Waals surface area contributed by atoms with Crippen LogP contribution >= 0.6 is 0 Å². The second-order valence-electron chi connectivity index (χ2n) is 4.48. The summed E-state index contributed by atoms with van der Waals surface area (Å²) in [5, 5.41) is 18.1. The quantitative estimate of drug-likeness (QED) is 0.439. The van der Waals surface area contributed by atoms with Gasteiger partial charge >= 0.3 is 7.12 Å². The van der Waals surface area contributed by atoms with Crippen LogP contribution in [0.25, 0.3) is 0 Å². The summed E-state index contributed by atoms with van der Waals surface area (Å²) < 4.78 is 0. The molecule has 0 spiro atoms. The Balaban J connectivity index is 2.16. The molecule has 2 rings (SSSR count). The molecule has 92 valence electrons. The number of nitrogens with zero attached hydrogens (tertiary/aromatic N) is 2. The maximum atomic E-state index is 9.06. The lowest BCUT2D eigenvalue weighted by atomic mass is 9.80. The van der Waals surface area contributed by atoms with Crippen molar-refractivity contribution in [2.24, 2.45) is 0 Å². The third-order valence-corrected chi connectivity index (χ3v) is 3.19. The molecule has 1 heterocycles. The fraction of sp³-hybridized carbons (Fsp3) is 0.455. The molecular formula is C11H18BN3O2. The van der Waals surface area contributed by atoms with E-state index >= 15 is 0 Å². The Hall–Kier alpha value is -1.24. The molecule has 0 aromatic heterocycles. The topological polar surface area (TPSA) is 73.0 Å². The molecule has 1 aliphatic rings. The molecule has 1 aliphatic heterocycles. The van der Waals surface area contributed by atoms with Crippen LogP contribution in [-0.4, -0.2) is 55.3 Å². The number of nitrogens with two attached hydrogens (primary N) is 1. The highest BCUT2D eigenvalue weighted by atomic mass is 16.4. The Labute approximate surface area is 102 Å². The van der Waals surface area contributed by atoms with Crippen molar-refractivity contribution in [3.05, 3.63) is 18.2 Å². The van der Waals surface area contributed by atoms with Crippen LogP contribution < -0.4 is 16.1 Å². The van der Waals surface area contributed by atoms with Gasteiger partial charge in [0.25, 0.3) is 0 Å². The number of likely N-dealkylation sites (N-methyl/N-ethyl adjacent to an activating group) is 1. The molecule has 17 heavy (non-hydrogen) atoms. The molecule has 0 aliphatic carbocycles. The van der Waals surface area contributed by atoms with Gasteiger partial charge in [-0.1, -0.05) is 6.07 Å². The van der Waals surface area contributed by atoms with Crippen LogP contribution in [-0.2, 0) is 0 Å². The maximum absolute atomic E-state index is 9.06. The Bertz CT molecular complexity index is 392. The molecule has 0 atom stereocenters. The zero-order chi connectivity index (χ0) is 12.4. The van der Waals surface area contributed by atoms with Gasteiger partial charge in [-0.05, 0) is 24.6 Å². The van der Waals surface area contributed by atoms with Crippen molar-refractivity contribution in [3.63, 3.8) is 0 Å². The minimum Gasteiger partial charge on any atom is -0.423 e. The van der Waals surface area contributed by atoms with Gasteiger partial charge in [0.2, 0.25) is 0 Å². The summed E-state index contributed by atoms with van der Waals surface area (Å²) in [6.07, 6.45) is 0. The third-order valence-electron chi connectivity index (χ3n) is 3.19. The molecule has 0 radical (unpaired) electrons. The molecule has 1 aromatic carbocycles. The lowest BCUT2D eigenvalue weighted by Crippen LogP contribution is -2.45. The predicted octanol–water partition coefficient (Wildman–Crippen LogP) is -1.30. The molecule has 1 fully saturated rings. The largest absolute Gasteiger partial charge is 0.488 e. The molecule has 5 nitrogen and oxygen atoms in total. The van der Waals surface area contributed by atoms with Crippen molar-refractivity contribution in [2.75, 3.05) is 43.9 Å². The first-order valence-corrected chi connectivity index (χ1v) is 5.77. The van der Waals surface area contributed by atoms with Gasteiger partial charge in [-0.3, -0.25) is 0 Å². The van der Waals surface area contributed by atoms with Gasteiger partial charge in [-0.15, -0.1) is 0 Å². The van der Waals surface area contributed by atoms with Crippen LogP contribution in [0, 0.1) is 0 Å². The Morgan fingerprint density at radius 2 is 1.82 bits per heavy atom. The number of rotatable bonds is 2. The minimum absolute atomic E-state index is 0.431. The second-order valence-corrected chi connectivity index (χ2v) is 4.48. The lowest BCUT2D eigenvalue weighted by molar-refractivity contribution is 0.313. The van der Waals surface area contributed by atoms with Gasteiger partial charge in [-0.2, -0.15) is 0 Å². The lowest BCUT2D eigenvalue weighted by Gasteiger charge is -2.34. The van der Waals surface area contributed by atoms with Crippen LogP contribution in [0.5, 0.6) is 0 Å². The number of benzene rings is 1. The summed E-state index contributed by atoms with van der Waals surface area (Å²) >= 11 is 0. The van der Waals surface area contributed by atoms with E-state index in [1.165, 1.54) is 0 Å². The molecule has 0 bridgehead atoms. The fourth-order valence-corrected chi connectivity index (χ4v) is 2.07. The van der Waals surface area contributed by atoms with Crippen LogP contribution in [0.15, 0.2) is 18.2 Å². The normalized spacial score (nSPS) is 17.2. The molecule has 0 unspecified atom stereocenters. The van der Waals surface area contributed by atoms with Crippen LogP contribution in [0.1, 0.15) is 0 Å². The van der Waals surface area contributed by atoms with Gasteiger partial charge in [0.05, 0.1) is 11.4 Å². The predicted molar refractivity (Wildman–Crippen MR) is 70.4 cm³/mol. The average Bonchev–Trinajstić information content (AvgIpc) is 2.30. The highest BCUT2D eigenvalue weighted by Crippen LogP contribution is 2.22. The minimum atomic E-state index is -1.46. The fourth-order valence-electron chi connectivity index (χ4n) is 2.07. The zero-order valence-electron chi connectivity index (χ0n) is 10.0. The number of nitrogen functional groups attached to an aromatic ring is 1. The standard InChI is InChI=1S/C11H18BN3O2/c1-14-4-6-15(7-5-14)11-3-2-9(12(16)17)8-10(11)13/h2-3,8,16-17H,4-7,13H2,1H3. The number of hydrogen-bond acceptors (Lipinski definition) is 5. The smallest absolute Gasteiger partial charge is 0.423 e. The van der Waals surface area contributed by atoms with Gasteiger partial charge in [0.1, 0.15) is 0 Å². The van der Waals surface area contributed by atoms with Crippen molar-refractivity contribution in [1.82, 2.24) is 4.90 Å². The zero-order valence-corrected chi connectivity index (χ0v) is 10.0. The number of anilines is 2. The van der Waals surface area contributed by atoms with Crippen molar-refractivity contribution in [3.8, 4) is 0 Å². The summed E-state index contributed by atoms with van der Waals surface area (Å²) in [4.78, 5) is 4.50. The molecule has 1 aromatic rings. The van der Waals surface area contributed by atoms with Crippen molar-refractivity contribution in [1.29, 1.82) is 0 Å². The van der Waals surface area contributed by atoms with Gasteiger partial charge in [0.15, 0.2) is 0 Å². The molecule has 1 saturated heterocycles. The first kappa shape index (κ1) is 12.2. The van der Waals surface area contributed by atoms with E-state index in [9.17, 15) is 0 Å². The van der Waals surface area contributed by atoms with E-state index in [-0.39, 0.29) is 0 Å². The monoisotopic (exact) mass is 235 g/mol. The van der Waals surface area contributed by atoms with E-state index < -0.39 is 7.12 Å². The first-order valence-electron chi connectivity index (χ1n) is 5.77. The summed E-state index contributed by atoms with van der Waals surface area (Å²) in [6.45, 7) is 3.93. The van der Waals surface area contributed by atoms with E-state index in [0.717, 1.165) is 31.9 Å². The van der Waals surface area contributed by atoms with Crippen LogP contribution in [0.4, 0.5) is 11.4 Å². The molecule has 0 saturated carbocycles. The molecule has 6 heteroatoms. The van der Waals surface area contributed by atoms with Crippen molar-refractivity contribution >= 4 is 24.0 Å². The van der Waals surface area contributed by atoms with Gasteiger partial charge < -0.3 is 25.6 Å². The Morgan fingerprint density at radius 1 is 1.18 bits per heavy atom. The van der Waals surface area contributed by atoms with Crippen molar-refractivity contribution < 1.29 is 10.0 Å². The van der Waals surface area contributed by atoms with Crippen LogP contribution in [0.2, 0.25) is 0 Å². The number of piperazine rings is 1. The molecular weight excluding hydrogens is 217 g/mol.